The third-order valence-electron chi connectivity index (χ3n) is 7.01. The van der Waals surface area contributed by atoms with E-state index in [9.17, 15) is 22.4 Å². The van der Waals surface area contributed by atoms with Gasteiger partial charge in [0, 0.05) is 36.1 Å². The minimum absolute atomic E-state index is 0.0128. The van der Waals surface area contributed by atoms with Crippen molar-refractivity contribution in [1.82, 2.24) is 10.2 Å². The van der Waals surface area contributed by atoms with Crippen LogP contribution < -0.4 is 9.62 Å². The second-order valence-electron chi connectivity index (χ2n) is 10.0. The molecule has 0 aromatic heterocycles. The van der Waals surface area contributed by atoms with Gasteiger partial charge in [0.05, 0.1) is 11.9 Å². The predicted molar refractivity (Wildman–Crippen MR) is 149 cm³/mol. The van der Waals surface area contributed by atoms with Gasteiger partial charge in [0.1, 0.15) is 11.9 Å². The molecule has 0 radical (unpaired) electrons. The molecule has 0 saturated heterocycles. The average Bonchev–Trinajstić information content (AvgIpc) is 2.87. The van der Waals surface area contributed by atoms with Crippen molar-refractivity contribution in [2.45, 2.75) is 77.4 Å². The fraction of sp³-hybridized carbons (Fsp3) is 0.500. The molecule has 2 aromatic carbocycles. The summed E-state index contributed by atoms with van der Waals surface area (Å²) in [5.41, 5.74) is 1.50. The molecule has 3 rings (SSSR count). The Labute approximate surface area is 230 Å². The van der Waals surface area contributed by atoms with Crippen LogP contribution >= 0.6 is 11.6 Å². The Kier molecular flexibility index (Phi) is 10.6. The van der Waals surface area contributed by atoms with Crippen molar-refractivity contribution >= 4 is 39.1 Å². The Morgan fingerprint density at radius 2 is 1.82 bits per heavy atom. The lowest BCUT2D eigenvalue weighted by atomic mass is 9.95. The lowest BCUT2D eigenvalue weighted by molar-refractivity contribution is -0.141. The summed E-state index contributed by atoms with van der Waals surface area (Å²) in [6.45, 7) is 3.43. The van der Waals surface area contributed by atoms with Gasteiger partial charge in [-0.1, -0.05) is 55.1 Å². The molecule has 1 unspecified atom stereocenters. The van der Waals surface area contributed by atoms with Crippen LogP contribution in [0.15, 0.2) is 42.5 Å². The van der Waals surface area contributed by atoms with Crippen molar-refractivity contribution < 1.29 is 22.4 Å². The third-order valence-corrected chi connectivity index (χ3v) is 8.42. The zero-order valence-electron chi connectivity index (χ0n) is 22.3. The number of carbonyl (C=O) groups is 2. The van der Waals surface area contributed by atoms with Crippen LogP contribution in [-0.2, 0) is 26.2 Å². The van der Waals surface area contributed by atoms with Gasteiger partial charge in [-0.25, -0.2) is 12.8 Å². The van der Waals surface area contributed by atoms with E-state index in [0.29, 0.717) is 16.3 Å². The molecular weight excluding hydrogens is 529 g/mol. The van der Waals surface area contributed by atoms with Crippen molar-refractivity contribution in [3.05, 3.63) is 64.4 Å². The van der Waals surface area contributed by atoms with E-state index in [1.165, 1.54) is 15.3 Å². The van der Waals surface area contributed by atoms with Crippen molar-refractivity contribution in [3.63, 3.8) is 0 Å². The van der Waals surface area contributed by atoms with Crippen LogP contribution in [0.25, 0.3) is 0 Å². The number of rotatable bonds is 11. The van der Waals surface area contributed by atoms with Gasteiger partial charge in [-0.2, -0.15) is 0 Å². The molecule has 1 saturated carbocycles. The van der Waals surface area contributed by atoms with Crippen LogP contribution in [0.3, 0.4) is 0 Å². The minimum atomic E-state index is -3.64. The molecule has 1 N–H and O–H groups in total. The van der Waals surface area contributed by atoms with Gasteiger partial charge in [0.25, 0.3) is 0 Å². The number of halogens is 2. The summed E-state index contributed by atoms with van der Waals surface area (Å²) < 4.78 is 40.8. The zero-order valence-corrected chi connectivity index (χ0v) is 23.8. The number of carbonyl (C=O) groups excluding carboxylic acids is 2. The number of hydrogen-bond acceptors (Lipinski definition) is 4. The Hall–Kier alpha value is -2.65. The topological polar surface area (TPSA) is 86.8 Å². The fourth-order valence-corrected chi connectivity index (χ4v) is 5.98. The van der Waals surface area contributed by atoms with Crippen LogP contribution in [0.5, 0.6) is 0 Å². The Balaban J connectivity index is 1.75. The monoisotopic (exact) mass is 565 g/mol. The van der Waals surface area contributed by atoms with Crippen LogP contribution in [0.1, 0.15) is 63.0 Å². The first kappa shape index (κ1) is 29.9. The summed E-state index contributed by atoms with van der Waals surface area (Å²) in [6.07, 6.45) is 6.38. The van der Waals surface area contributed by atoms with E-state index < -0.39 is 21.9 Å². The summed E-state index contributed by atoms with van der Waals surface area (Å²) in [6, 6.07) is 10.4. The molecule has 0 aliphatic heterocycles. The number of aryl methyl sites for hydroxylation is 1. The minimum Gasteiger partial charge on any atom is -0.352 e. The average molecular weight is 566 g/mol. The number of anilines is 1. The summed E-state index contributed by atoms with van der Waals surface area (Å²) in [5.74, 6) is -1.07. The molecule has 0 bridgehead atoms. The summed E-state index contributed by atoms with van der Waals surface area (Å²) in [7, 11) is -3.64. The maximum absolute atomic E-state index is 14.5. The normalized spacial score (nSPS) is 15.1. The zero-order chi connectivity index (χ0) is 27.9. The molecule has 7 nitrogen and oxygen atoms in total. The van der Waals surface area contributed by atoms with Crippen LogP contribution in [0, 0.1) is 12.7 Å². The standard InChI is InChI=1S/C28H37ClFN3O4S/c1-20-15-16-23(29)18-26(20)33(38(3,36)37)17-9-14-27(34)32(19-22-10-7-8-13-25(22)30)21(2)28(35)31-24-11-5-4-6-12-24/h7-8,10,13,15-16,18,21,24H,4-6,9,11-12,14,17,19H2,1-3H3,(H,31,35). The van der Waals surface area contributed by atoms with Gasteiger partial charge in [0.15, 0.2) is 0 Å². The molecular formula is C28H37ClFN3O4S. The van der Waals surface area contributed by atoms with E-state index in [1.54, 1.807) is 50.2 Å². The first-order chi connectivity index (χ1) is 18.0. The number of nitrogens with zero attached hydrogens (tertiary/aromatic N) is 2. The Bertz CT molecular complexity index is 1230. The maximum Gasteiger partial charge on any atom is 0.242 e. The Morgan fingerprint density at radius 3 is 2.47 bits per heavy atom. The van der Waals surface area contributed by atoms with Crippen molar-refractivity contribution in [2.24, 2.45) is 0 Å². The highest BCUT2D eigenvalue weighted by Crippen LogP contribution is 2.27. The van der Waals surface area contributed by atoms with E-state index in [0.717, 1.165) is 43.9 Å². The SMILES string of the molecule is Cc1ccc(Cl)cc1N(CCCC(=O)N(Cc1ccccc1F)C(C)C(=O)NC1CCCCC1)S(C)(=O)=O. The molecule has 1 atom stereocenters. The van der Waals surface area contributed by atoms with Gasteiger partial charge in [-0.15, -0.1) is 0 Å². The predicted octanol–water partition coefficient (Wildman–Crippen LogP) is 5.20. The second kappa shape index (κ2) is 13.4. The summed E-state index contributed by atoms with van der Waals surface area (Å²) >= 11 is 6.11. The van der Waals surface area contributed by atoms with E-state index in [1.807, 2.05) is 0 Å². The van der Waals surface area contributed by atoms with Crippen molar-refractivity contribution in [3.8, 4) is 0 Å². The van der Waals surface area contributed by atoms with Gasteiger partial charge in [0.2, 0.25) is 21.8 Å². The molecule has 0 spiro atoms. The van der Waals surface area contributed by atoms with Crippen molar-refractivity contribution in [2.75, 3.05) is 17.1 Å². The first-order valence-corrected chi connectivity index (χ1v) is 15.3. The van der Waals surface area contributed by atoms with Gasteiger partial charge >= 0.3 is 0 Å². The second-order valence-corrected chi connectivity index (χ2v) is 12.3. The summed E-state index contributed by atoms with van der Waals surface area (Å²) in [4.78, 5) is 27.9. The quantitative estimate of drug-likeness (QED) is 0.406. The largest absolute Gasteiger partial charge is 0.352 e. The van der Waals surface area contributed by atoms with E-state index in [4.69, 9.17) is 11.6 Å². The number of hydrogen-bond donors (Lipinski definition) is 1. The lowest BCUT2D eigenvalue weighted by Gasteiger charge is -2.31. The number of amides is 2. The Morgan fingerprint density at radius 1 is 1.13 bits per heavy atom. The molecule has 208 valence electrons. The third kappa shape index (κ3) is 8.17. The van der Waals surface area contributed by atoms with Crippen LogP contribution in [0.4, 0.5) is 10.1 Å². The molecule has 10 heteroatoms. The lowest BCUT2D eigenvalue weighted by Crippen LogP contribution is -2.50. The van der Waals surface area contributed by atoms with E-state index >= 15 is 0 Å². The molecule has 2 amide bonds. The molecule has 1 fully saturated rings. The fourth-order valence-electron chi connectivity index (χ4n) is 4.80. The van der Waals surface area contributed by atoms with Gasteiger partial charge in [-0.3, -0.25) is 13.9 Å². The molecule has 1 aliphatic carbocycles. The highest BCUT2D eigenvalue weighted by atomic mass is 35.5. The molecule has 1 aliphatic rings. The first-order valence-electron chi connectivity index (χ1n) is 13.0. The van der Waals surface area contributed by atoms with Crippen LogP contribution in [-0.4, -0.2) is 50.0 Å². The highest BCUT2D eigenvalue weighted by Gasteiger charge is 2.29. The molecule has 0 heterocycles. The van der Waals surface area contributed by atoms with E-state index in [2.05, 4.69) is 5.32 Å². The molecule has 38 heavy (non-hydrogen) atoms. The number of sulfonamides is 1. The number of benzene rings is 2. The van der Waals surface area contributed by atoms with Gasteiger partial charge < -0.3 is 10.2 Å². The smallest absolute Gasteiger partial charge is 0.242 e. The summed E-state index contributed by atoms with van der Waals surface area (Å²) in [5, 5.41) is 3.46. The van der Waals surface area contributed by atoms with Crippen LogP contribution in [0.2, 0.25) is 5.02 Å². The maximum atomic E-state index is 14.5. The van der Waals surface area contributed by atoms with Gasteiger partial charge in [-0.05, 0) is 56.9 Å². The highest BCUT2D eigenvalue weighted by molar-refractivity contribution is 7.92. The van der Waals surface area contributed by atoms with E-state index in [-0.39, 0.29) is 43.8 Å². The van der Waals surface area contributed by atoms with Crippen molar-refractivity contribution in [1.29, 1.82) is 0 Å². The number of nitrogens with one attached hydrogen (secondary N) is 1. The molecule has 2 aromatic rings.